The molecule has 0 aliphatic rings. The number of anilines is 2. The van der Waals surface area contributed by atoms with Crippen LogP contribution in [0.3, 0.4) is 0 Å². The van der Waals surface area contributed by atoms with E-state index in [1.165, 1.54) is 11.9 Å². The van der Waals surface area contributed by atoms with Gasteiger partial charge in [-0.3, -0.25) is 4.79 Å². The summed E-state index contributed by atoms with van der Waals surface area (Å²) in [7, 11) is 0. The molecule has 0 aliphatic heterocycles. The predicted molar refractivity (Wildman–Crippen MR) is 99.7 cm³/mol. The van der Waals surface area contributed by atoms with E-state index in [0.717, 1.165) is 25.1 Å². The fourth-order valence-corrected chi connectivity index (χ4v) is 2.45. The van der Waals surface area contributed by atoms with Crippen molar-refractivity contribution in [3.8, 4) is 0 Å². The number of carbonyl (C=O) groups is 1. The Hall–Kier alpha value is -3.21. The maximum absolute atomic E-state index is 12.3. The van der Waals surface area contributed by atoms with Crippen LogP contribution in [0.4, 0.5) is 11.5 Å². The van der Waals surface area contributed by atoms with Crippen LogP contribution in [-0.2, 0) is 6.42 Å². The smallest absolute Gasteiger partial charge is 0.274 e. The Morgan fingerprint density at radius 1 is 0.920 bits per heavy atom. The molecule has 1 aromatic heterocycles. The number of carbonyl (C=O) groups excluding carboxylic acids is 1. The van der Waals surface area contributed by atoms with Gasteiger partial charge in [-0.05, 0) is 30.5 Å². The highest BCUT2D eigenvalue weighted by atomic mass is 16.1. The maximum atomic E-state index is 12.3. The summed E-state index contributed by atoms with van der Waals surface area (Å²) in [5.41, 5.74) is 2.39. The number of aryl methyl sites for hydroxylation is 1. The largest absolute Gasteiger partial charge is 0.370 e. The molecule has 126 valence electrons. The summed E-state index contributed by atoms with van der Waals surface area (Å²) < 4.78 is 0. The first kappa shape index (κ1) is 16.6. The zero-order valence-corrected chi connectivity index (χ0v) is 13.9. The fraction of sp³-hybridized carbons (Fsp3) is 0.150. The molecule has 0 fully saturated rings. The minimum absolute atomic E-state index is 0.249. The van der Waals surface area contributed by atoms with Crippen molar-refractivity contribution in [2.45, 2.75) is 12.8 Å². The number of benzene rings is 2. The van der Waals surface area contributed by atoms with Crippen molar-refractivity contribution in [1.29, 1.82) is 0 Å². The van der Waals surface area contributed by atoms with Gasteiger partial charge >= 0.3 is 0 Å². The molecular weight excluding hydrogens is 312 g/mol. The highest BCUT2D eigenvalue weighted by molar-refractivity contribution is 6.03. The summed E-state index contributed by atoms with van der Waals surface area (Å²) in [6.45, 7) is 0.783. The van der Waals surface area contributed by atoms with Gasteiger partial charge in [-0.25, -0.2) is 9.97 Å². The minimum Gasteiger partial charge on any atom is -0.370 e. The first-order valence-electron chi connectivity index (χ1n) is 8.27. The number of para-hydroxylation sites is 1. The van der Waals surface area contributed by atoms with Crippen LogP contribution < -0.4 is 10.6 Å². The van der Waals surface area contributed by atoms with Gasteiger partial charge in [0.05, 0.1) is 0 Å². The second-order valence-electron chi connectivity index (χ2n) is 5.62. The molecule has 3 aromatic rings. The topological polar surface area (TPSA) is 66.9 Å². The van der Waals surface area contributed by atoms with Crippen LogP contribution in [-0.4, -0.2) is 22.4 Å². The van der Waals surface area contributed by atoms with Crippen LogP contribution >= 0.6 is 0 Å². The molecule has 0 saturated carbocycles. The third-order valence-electron chi connectivity index (χ3n) is 3.72. The van der Waals surface area contributed by atoms with Crippen molar-refractivity contribution < 1.29 is 4.79 Å². The molecule has 1 amide bonds. The van der Waals surface area contributed by atoms with Gasteiger partial charge in [0.15, 0.2) is 0 Å². The van der Waals surface area contributed by atoms with Gasteiger partial charge in [-0.1, -0.05) is 48.5 Å². The zero-order chi connectivity index (χ0) is 17.3. The average Bonchev–Trinajstić information content (AvgIpc) is 2.67. The number of amides is 1. The molecule has 3 rings (SSSR count). The molecule has 0 aliphatic carbocycles. The van der Waals surface area contributed by atoms with Crippen molar-refractivity contribution in [3.63, 3.8) is 0 Å². The highest BCUT2D eigenvalue weighted by Crippen LogP contribution is 2.10. The normalized spacial score (nSPS) is 10.2. The Bertz CT molecular complexity index is 806. The third-order valence-corrected chi connectivity index (χ3v) is 3.72. The summed E-state index contributed by atoms with van der Waals surface area (Å²) in [5.74, 6) is 0.405. The van der Waals surface area contributed by atoms with E-state index in [0.29, 0.717) is 11.5 Å². The average molecular weight is 332 g/mol. The fourth-order valence-electron chi connectivity index (χ4n) is 2.45. The zero-order valence-electron chi connectivity index (χ0n) is 13.9. The molecule has 0 spiro atoms. The molecule has 0 radical (unpaired) electrons. The second kappa shape index (κ2) is 8.59. The number of hydrogen-bond donors (Lipinski definition) is 2. The van der Waals surface area contributed by atoms with Crippen LogP contribution in [0.25, 0.3) is 0 Å². The SMILES string of the molecule is O=C(Nc1ccccc1)c1cc(NCCCc2ccccc2)ncn1. The van der Waals surface area contributed by atoms with E-state index in [1.54, 1.807) is 6.07 Å². The first-order chi connectivity index (χ1) is 12.3. The van der Waals surface area contributed by atoms with E-state index >= 15 is 0 Å². The summed E-state index contributed by atoms with van der Waals surface area (Å²) in [5, 5.41) is 6.06. The van der Waals surface area contributed by atoms with Gasteiger partial charge < -0.3 is 10.6 Å². The van der Waals surface area contributed by atoms with Crippen LogP contribution in [0.2, 0.25) is 0 Å². The lowest BCUT2D eigenvalue weighted by atomic mass is 10.1. The van der Waals surface area contributed by atoms with E-state index in [-0.39, 0.29) is 5.91 Å². The Morgan fingerprint density at radius 2 is 1.64 bits per heavy atom. The number of hydrogen-bond acceptors (Lipinski definition) is 4. The Morgan fingerprint density at radius 3 is 2.40 bits per heavy atom. The molecular formula is C20H20N4O. The molecule has 25 heavy (non-hydrogen) atoms. The molecule has 1 heterocycles. The van der Waals surface area contributed by atoms with Gasteiger partial charge in [-0.15, -0.1) is 0 Å². The third kappa shape index (κ3) is 5.14. The monoisotopic (exact) mass is 332 g/mol. The molecule has 2 N–H and O–H groups in total. The maximum Gasteiger partial charge on any atom is 0.274 e. The van der Waals surface area contributed by atoms with E-state index in [2.05, 4.69) is 32.7 Å². The Balaban J connectivity index is 1.51. The van der Waals surface area contributed by atoms with E-state index in [4.69, 9.17) is 0 Å². The Kier molecular flexibility index (Phi) is 5.72. The number of nitrogens with zero attached hydrogens (tertiary/aromatic N) is 2. The summed E-state index contributed by atoms with van der Waals surface area (Å²) in [4.78, 5) is 20.5. The van der Waals surface area contributed by atoms with E-state index in [9.17, 15) is 4.79 Å². The summed E-state index contributed by atoms with van der Waals surface area (Å²) in [6, 6.07) is 21.3. The van der Waals surface area contributed by atoms with E-state index in [1.807, 2.05) is 48.5 Å². The number of nitrogens with one attached hydrogen (secondary N) is 2. The van der Waals surface area contributed by atoms with Crippen LogP contribution in [0.15, 0.2) is 73.1 Å². The molecule has 0 unspecified atom stereocenters. The van der Waals surface area contributed by atoms with Crippen molar-refractivity contribution in [2.24, 2.45) is 0 Å². The molecule has 5 nitrogen and oxygen atoms in total. The van der Waals surface area contributed by atoms with E-state index < -0.39 is 0 Å². The van der Waals surface area contributed by atoms with Gasteiger partial charge in [0.25, 0.3) is 5.91 Å². The molecule has 5 heteroatoms. The molecule has 0 saturated heterocycles. The highest BCUT2D eigenvalue weighted by Gasteiger charge is 2.08. The summed E-state index contributed by atoms with van der Waals surface area (Å²) >= 11 is 0. The van der Waals surface area contributed by atoms with Crippen molar-refractivity contribution >= 4 is 17.4 Å². The number of aromatic nitrogens is 2. The standard InChI is InChI=1S/C20H20N4O/c25-20(24-17-11-5-2-6-12-17)18-14-19(23-15-22-18)21-13-7-10-16-8-3-1-4-9-16/h1-6,8-9,11-12,14-15H,7,10,13H2,(H,24,25)(H,21,22,23). The van der Waals surface area contributed by atoms with Crippen molar-refractivity contribution in [3.05, 3.63) is 84.3 Å². The number of rotatable bonds is 7. The summed E-state index contributed by atoms with van der Waals surface area (Å²) in [6.07, 6.45) is 3.39. The lowest BCUT2D eigenvalue weighted by Crippen LogP contribution is -2.15. The first-order valence-corrected chi connectivity index (χ1v) is 8.27. The lowest BCUT2D eigenvalue weighted by Gasteiger charge is -2.08. The molecule has 2 aromatic carbocycles. The van der Waals surface area contributed by atoms with Crippen LogP contribution in [0.1, 0.15) is 22.5 Å². The van der Waals surface area contributed by atoms with Gasteiger partial charge in [0, 0.05) is 18.3 Å². The van der Waals surface area contributed by atoms with Gasteiger partial charge in [0.1, 0.15) is 17.8 Å². The lowest BCUT2D eigenvalue weighted by molar-refractivity contribution is 0.102. The molecule has 0 atom stereocenters. The van der Waals surface area contributed by atoms with Crippen LogP contribution in [0.5, 0.6) is 0 Å². The van der Waals surface area contributed by atoms with Crippen molar-refractivity contribution in [1.82, 2.24) is 9.97 Å². The Labute approximate surface area is 147 Å². The second-order valence-corrected chi connectivity index (χ2v) is 5.62. The molecule has 0 bridgehead atoms. The van der Waals surface area contributed by atoms with Crippen LogP contribution in [0, 0.1) is 0 Å². The van der Waals surface area contributed by atoms with Gasteiger partial charge in [0.2, 0.25) is 0 Å². The predicted octanol–water partition coefficient (Wildman–Crippen LogP) is 3.77. The van der Waals surface area contributed by atoms with Crippen molar-refractivity contribution in [2.75, 3.05) is 17.2 Å². The quantitative estimate of drug-likeness (QED) is 0.646. The minimum atomic E-state index is -0.249. The van der Waals surface area contributed by atoms with Gasteiger partial charge in [-0.2, -0.15) is 0 Å².